The van der Waals surface area contributed by atoms with Crippen LogP contribution >= 0.6 is 0 Å². The highest BCUT2D eigenvalue weighted by atomic mass is 19.1. The minimum atomic E-state index is -0.481. The molecule has 0 aromatic heterocycles. The van der Waals surface area contributed by atoms with E-state index in [1.54, 1.807) is 12.1 Å². The molecule has 1 aliphatic carbocycles. The average Bonchev–Trinajstić information content (AvgIpc) is 2.99. The van der Waals surface area contributed by atoms with Gasteiger partial charge in [0.05, 0.1) is 24.8 Å². The summed E-state index contributed by atoms with van der Waals surface area (Å²) in [6.07, 6.45) is 2.43. The Morgan fingerprint density at radius 3 is 2.67 bits per heavy atom. The van der Waals surface area contributed by atoms with E-state index in [2.05, 4.69) is 10.2 Å². The number of aliphatic hydroxyl groups excluding tert-OH is 1. The number of nitrogens with one attached hydrogen (secondary N) is 1. The lowest BCUT2D eigenvalue weighted by Gasteiger charge is -2.37. The summed E-state index contributed by atoms with van der Waals surface area (Å²) in [6.45, 7) is 1.67. The summed E-state index contributed by atoms with van der Waals surface area (Å²) in [5.41, 5.74) is 0.544. The minimum absolute atomic E-state index is 0.0171. The Hall–Kier alpha value is -1.66. The number of hydrogen-bond donors (Lipinski definition) is 2. The molecule has 0 spiro atoms. The third-order valence-corrected chi connectivity index (χ3v) is 5.26. The van der Waals surface area contributed by atoms with E-state index in [1.807, 2.05) is 6.07 Å². The Bertz CT molecular complexity index is 575. The van der Waals surface area contributed by atoms with Gasteiger partial charge >= 0.3 is 5.97 Å². The van der Waals surface area contributed by atoms with Crippen molar-refractivity contribution >= 4 is 11.7 Å². The molecular weight excluding hydrogens is 311 g/mol. The van der Waals surface area contributed by atoms with Gasteiger partial charge in [-0.25, -0.2) is 4.39 Å². The van der Waals surface area contributed by atoms with E-state index in [0.717, 1.165) is 25.9 Å². The second kappa shape index (κ2) is 7.49. The molecule has 2 aliphatic rings. The highest BCUT2D eigenvalue weighted by molar-refractivity contribution is 5.72. The Labute approximate surface area is 141 Å². The lowest BCUT2D eigenvalue weighted by molar-refractivity contribution is -0.145. The number of piperidine rings is 1. The first-order chi connectivity index (χ1) is 11.6. The second-order valence-electron chi connectivity index (χ2n) is 6.76. The maximum Gasteiger partial charge on any atom is 0.308 e. The lowest BCUT2D eigenvalue weighted by atomic mass is 10.0. The molecule has 2 N–H and O–H groups in total. The van der Waals surface area contributed by atoms with Gasteiger partial charge in [-0.3, -0.25) is 9.69 Å². The molecule has 0 unspecified atom stereocenters. The van der Waals surface area contributed by atoms with Crippen LogP contribution < -0.4 is 5.32 Å². The summed E-state index contributed by atoms with van der Waals surface area (Å²) in [6, 6.07) is 6.96. The molecule has 0 radical (unpaired) electrons. The van der Waals surface area contributed by atoms with Crippen molar-refractivity contribution in [3.8, 4) is 0 Å². The monoisotopic (exact) mass is 336 g/mol. The molecule has 0 amide bonds. The Balaban J connectivity index is 1.52. The number of halogens is 1. The molecule has 24 heavy (non-hydrogen) atoms. The van der Waals surface area contributed by atoms with Gasteiger partial charge in [-0.2, -0.15) is 0 Å². The van der Waals surface area contributed by atoms with Crippen LogP contribution in [-0.2, 0) is 9.53 Å². The molecule has 1 aliphatic heterocycles. The van der Waals surface area contributed by atoms with Gasteiger partial charge in [0.15, 0.2) is 0 Å². The number of methoxy groups -OCH3 is 1. The van der Waals surface area contributed by atoms with Crippen molar-refractivity contribution in [1.82, 2.24) is 4.90 Å². The van der Waals surface area contributed by atoms with Gasteiger partial charge in [-0.15, -0.1) is 0 Å². The van der Waals surface area contributed by atoms with E-state index in [4.69, 9.17) is 4.74 Å². The van der Waals surface area contributed by atoms with Crippen molar-refractivity contribution in [3.63, 3.8) is 0 Å². The summed E-state index contributed by atoms with van der Waals surface area (Å²) < 4.78 is 18.5. The summed E-state index contributed by atoms with van der Waals surface area (Å²) in [4.78, 5) is 13.9. The highest BCUT2D eigenvalue weighted by Crippen LogP contribution is 2.32. The van der Waals surface area contributed by atoms with Gasteiger partial charge in [0, 0.05) is 25.2 Å². The van der Waals surface area contributed by atoms with Crippen LogP contribution in [0.3, 0.4) is 0 Å². The Kier molecular flexibility index (Phi) is 5.36. The zero-order valence-electron chi connectivity index (χ0n) is 14.0. The predicted molar refractivity (Wildman–Crippen MR) is 89.2 cm³/mol. The topological polar surface area (TPSA) is 61.8 Å². The third-order valence-electron chi connectivity index (χ3n) is 5.26. The number of esters is 1. The maximum absolute atomic E-state index is 13.7. The number of carbonyl (C=O) groups excluding carboxylic acids is 1. The molecule has 5 nitrogen and oxygen atoms in total. The quantitative estimate of drug-likeness (QED) is 0.824. The molecule has 3 atom stereocenters. The Morgan fingerprint density at radius 1 is 1.29 bits per heavy atom. The summed E-state index contributed by atoms with van der Waals surface area (Å²) in [7, 11) is 1.39. The molecule has 2 fully saturated rings. The number of rotatable bonds is 4. The fourth-order valence-corrected chi connectivity index (χ4v) is 3.92. The number of likely N-dealkylation sites (tertiary alicyclic amines) is 1. The molecule has 3 rings (SSSR count). The first kappa shape index (κ1) is 17.2. The second-order valence-corrected chi connectivity index (χ2v) is 6.76. The number of aliphatic hydroxyl groups is 1. The number of ether oxygens (including phenoxy) is 1. The van der Waals surface area contributed by atoms with E-state index in [9.17, 15) is 14.3 Å². The Morgan fingerprint density at radius 2 is 2.00 bits per heavy atom. The van der Waals surface area contributed by atoms with Gasteiger partial charge in [-0.1, -0.05) is 12.1 Å². The number of carbonyl (C=O) groups is 1. The van der Waals surface area contributed by atoms with Crippen molar-refractivity contribution in [3.05, 3.63) is 30.1 Å². The molecule has 1 aromatic rings. The van der Waals surface area contributed by atoms with E-state index >= 15 is 0 Å². The van der Waals surface area contributed by atoms with E-state index < -0.39 is 6.10 Å². The molecule has 1 saturated heterocycles. The number of benzene rings is 1. The molecule has 6 heteroatoms. The van der Waals surface area contributed by atoms with E-state index in [-0.39, 0.29) is 29.8 Å². The fraction of sp³-hybridized carbons (Fsp3) is 0.611. The highest BCUT2D eigenvalue weighted by Gasteiger charge is 2.41. The lowest BCUT2D eigenvalue weighted by Crippen LogP contribution is -2.47. The number of para-hydroxylation sites is 1. The predicted octanol–water partition coefficient (Wildman–Crippen LogP) is 2.01. The van der Waals surface area contributed by atoms with Crippen LogP contribution in [0.1, 0.15) is 25.7 Å². The van der Waals surface area contributed by atoms with Crippen molar-refractivity contribution in [2.24, 2.45) is 5.92 Å². The van der Waals surface area contributed by atoms with Crippen LogP contribution in [0, 0.1) is 11.7 Å². The zero-order chi connectivity index (χ0) is 17.1. The van der Waals surface area contributed by atoms with Gasteiger partial charge in [-0.05, 0) is 37.8 Å². The summed E-state index contributed by atoms with van der Waals surface area (Å²) >= 11 is 0. The van der Waals surface area contributed by atoms with Crippen molar-refractivity contribution in [2.45, 2.75) is 43.9 Å². The van der Waals surface area contributed by atoms with Crippen molar-refractivity contribution in [1.29, 1.82) is 0 Å². The minimum Gasteiger partial charge on any atom is -0.469 e. The van der Waals surface area contributed by atoms with Gasteiger partial charge < -0.3 is 15.2 Å². The van der Waals surface area contributed by atoms with Crippen LogP contribution in [-0.4, -0.2) is 54.4 Å². The molecule has 1 aromatic carbocycles. The number of hydrogen-bond acceptors (Lipinski definition) is 5. The van der Waals surface area contributed by atoms with Crippen LogP contribution in [0.5, 0.6) is 0 Å². The standard InChI is InChI=1S/C18H25FN2O3/c1-24-18(23)12-10-16(17(22)11-12)21-8-6-13(7-9-21)20-15-5-3-2-4-14(15)19/h2-5,12-13,16-17,20,22H,6-11H2,1H3/t12-,16+,17+/m0/s1. The molecule has 0 bridgehead atoms. The first-order valence-electron chi connectivity index (χ1n) is 8.59. The molecular formula is C18H25FN2O3. The zero-order valence-corrected chi connectivity index (χ0v) is 14.0. The van der Waals surface area contributed by atoms with E-state index in [1.165, 1.54) is 13.2 Å². The molecule has 132 valence electrons. The smallest absolute Gasteiger partial charge is 0.308 e. The van der Waals surface area contributed by atoms with Crippen molar-refractivity contribution < 1.29 is 19.0 Å². The number of nitrogens with zero attached hydrogens (tertiary/aromatic N) is 1. The maximum atomic E-state index is 13.7. The van der Waals surface area contributed by atoms with Crippen LogP contribution in [0.15, 0.2) is 24.3 Å². The van der Waals surface area contributed by atoms with Crippen LogP contribution in [0.2, 0.25) is 0 Å². The van der Waals surface area contributed by atoms with Crippen molar-refractivity contribution in [2.75, 3.05) is 25.5 Å². The summed E-state index contributed by atoms with van der Waals surface area (Å²) in [5.74, 6) is -0.663. The normalized spacial score (nSPS) is 28.7. The fourth-order valence-electron chi connectivity index (χ4n) is 3.92. The van der Waals surface area contributed by atoms with E-state index in [0.29, 0.717) is 18.5 Å². The largest absolute Gasteiger partial charge is 0.469 e. The van der Waals surface area contributed by atoms with Gasteiger partial charge in [0.2, 0.25) is 0 Å². The average molecular weight is 336 g/mol. The number of anilines is 1. The summed E-state index contributed by atoms with van der Waals surface area (Å²) in [5, 5.41) is 13.5. The van der Waals surface area contributed by atoms with Gasteiger partial charge in [0.25, 0.3) is 0 Å². The molecule has 1 heterocycles. The van der Waals surface area contributed by atoms with Gasteiger partial charge in [0.1, 0.15) is 5.82 Å². The molecule has 1 saturated carbocycles. The van der Waals surface area contributed by atoms with Crippen LogP contribution in [0.25, 0.3) is 0 Å². The first-order valence-corrected chi connectivity index (χ1v) is 8.59. The SMILES string of the molecule is COC(=O)[C@@H]1C[C@@H](O)[C@H](N2CCC(Nc3ccccc3F)CC2)C1. The third kappa shape index (κ3) is 3.70. The van der Waals surface area contributed by atoms with Crippen LogP contribution in [0.4, 0.5) is 10.1 Å².